The van der Waals surface area contributed by atoms with Crippen LogP contribution in [0.4, 0.5) is 5.69 Å². The fourth-order valence-electron chi connectivity index (χ4n) is 2.43. The summed E-state index contributed by atoms with van der Waals surface area (Å²) in [5, 5.41) is 6.88. The summed E-state index contributed by atoms with van der Waals surface area (Å²) in [6.45, 7) is 3.41. The second-order valence-electron chi connectivity index (χ2n) is 4.71. The molecular weight excluding hydrogens is 212 g/mol. The minimum absolute atomic E-state index is 0.846. The minimum Gasteiger partial charge on any atom is -0.385 e. The highest BCUT2D eigenvalue weighted by atomic mass is 14.9. The van der Waals surface area contributed by atoms with Gasteiger partial charge in [0.05, 0.1) is 17.4 Å². The minimum atomic E-state index is 0.846. The second-order valence-corrected chi connectivity index (χ2v) is 4.71. The molecule has 4 nitrogen and oxygen atoms in total. The summed E-state index contributed by atoms with van der Waals surface area (Å²) < 4.78 is 0. The molecule has 2 aromatic rings. The van der Waals surface area contributed by atoms with Gasteiger partial charge in [0.25, 0.3) is 0 Å². The van der Waals surface area contributed by atoms with Crippen molar-refractivity contribution in [2.75, 3.05) is 25.0 Å². The van der Waals surface area contributed by atoms with Gasteiger partial charge >= 0.3 is 0 Å². The molecule has 2 heterocycles. The number of hydrogen-bond donors (Lipinski definition) is 3. The molecule has 1 aliphatic heterocycles. The van der Waals surface area contributed by atoms with Crippen LogP contribution in [-0.2, 0) is 0 Å². The molecule has 4 heteroatoms. The van der Waals surface area contributed by atoms with Crippen molar-refractivity contribution in [1.29, 1.82) is 0 Å². The SMILES string of the molecule is c1nc2ccc(NCCC3CCNC3)cc2[nH]1. The van der Waals surface area contributed by atoms with E-state index in [9.17, 15) is 0 Å². The maximum atomic E-state index is 4.21. The maximum absolute atomic E-state index is 4.21. The number of rotatable bonds is 4. The first-order valence-corrected chi connectivity index (χ1v) is 6.29. The molecule has 3 rings (SSSR count). The van der Waals surface area contributed by atoms with Crippen LogP contribution >= 0.6 is 0 Å². The number of hydrogen-bond acceptors (Lipinski definition) is 3. The summed E-state index contributed by atoms with van der Waals surface area (Å²) in [7, 11) is 0. The van der Waals surface area contributed by atoms with E-state index in [1.807, 2.05) is 6.07 Å². The third-order valence-corrected chi connectivity index (χ3v) is 3.46. The van der Waals surface area contributed by atoms with Crippen LogP contribution in [-0.4, -0.2) is 29.6 Å². The Kier molecular flexibility index (Phi) is 2.96. The summed E-state index contributed by atoms with van der Waals surface area (Å²) in [6.07, 6.45) is 4.30. The van der Waals surface area contributed by atoms with Crippen LogP contribution in [0, 0.1) is 5.92 Å². The monoisotopic (exact) mass is 230 g/mol. The van der Waals surface area contributed by atoms with Gasteiger partial charge in [0.1, 0.15) is 0 Å². The maximum Gasteiger partial charge on any atom is 0.0931 e. The molecular formula is C13H18N4. The molecule has 1 unspecified atom stereocenters. The van der Waals surface area contributed by atoms with Gasteiger partial charge in [-0.15, -0.1) is 0 Å². The first-order valence-electron chi connectivity index (χ1n) is 6.29. The third kappa shape index (κ3) is 2.42. The quantitative estimate of drug-likeness (QED) is 0.752. The van der Waals surface area contributed by atoms with E-state index in [0.29, 0.717) is 0 Å². The van der Waals surface area contributed by atoms with E-state index >= 15 is 0 Å². The summed E-state index contributed by atoms with van der Waals surface area (Å²) in [5.41, 5.74) is 3.29. The number of anilines is 1. The Balaban J connectivity index is 1.56. The Morgan fingerprint density at radius 3 is 3.29 bits per heavy atom. The number of H-pyrrole nitrogens is 1. The van der Waals surface area contributed by atoms with Crippen molar-refractivity contribution in [3.05, 3.63) is 24.5 Å². The predicted molar refractivity (Wildman–Crippen MR) is 70.2 cm³/mol. The third-order valence-electron chi connectivity index (χ3n) is 3.46. The Morgan fingerprint density at radius 1 is 1.41 bits per heavy atom. The zero-order chi connectivity index (χ0) is 11.5. The molecule has 3 N–H and O–H groups in total. The van der Waals surface area contributed by atoms with Gasteiger partial charge in [-0.2, -0.15) is 0 Å². The standard InChI is InChI=1S/C13H18N4/c1-2-12-13(17-9-16-12)7-11(1)15-6-4-10-3-5-14-8-10/h1-2,7,9-10,14-15H,3-6,8H2,(H,16,17). The van der Waals surface area contributed by atoms with E-state index in [-0.39, 0.29) is 0 Å². The molecule has 0 radical (unpaired) electrons. The molecule has 0 spiro atoms. The summed E-state index contributed by atoms with van der Waals surface area (Å²) in [5.74, 6) is 0.846. The average Bonchev–Trinajstić information content (AvgIpc) is 2.98. The van der Waals surface area contributed by atoms with Crippen molar-refractivity contribution < 1.29 is 0 Å². The van der Waals surface area contributed by atoms with Crippen molar-refractivity contribution >= 4 is 16.7 Å². The normalized spacial score (nSPS) is 19.9. The molecule has 90 valence electrons. The van der Waals surface area contributed by atoms with Crippen LogP contribution in [0.2, 0.25) is 0 Å². The van der Waals surface area contributed by atoms with Crippen molar-refractivity contribution in [2.24, 2.45) is 5.92 Å². The molecule has 1 saturated heterocycles. The highest BCUT2D eigenvalue weighted by Gasteiger charge is 2.13. The lowest BCUT2D eigenvalue weighted by Gasteiger charge is -2.10. The van der Waals surface area contributed by atoms with Gasteiger partial charge in [0, 0.05) is 12.2 Å². The molecule has 0 amide bonds. The topological polar surface area (TPSA) is 52.7 Å². The fraction of sp³-hybridized carbons (Fsp3) is 0.462. The fourth-order valence-corrected chi connectivity index (χ4v) is 2.43. The Labute approximate surface area is 101 Å². The number of nitrogens with one attached hydrogen (secondary N) is 3. The lowest BCUT2D eigenvalue weighted by atomic mass is 10.1. The zero-order valence-electron chi connectivity index (χ0n) is 9.87. The van der Waals surface area contributed by atoms with Gasteiger partial charge in [-0.25, -0.2) is 4.98 Å². The zero-order valence-corrected chi connectivity index (χ0v) is 9.87. The Hall–Kier alpha value is -1.55. The van der Waals surface area contributed by atoms with E-state index < -0.39 is 0 Å². The first-order chi connectivity index (χ1) is 8.42. The largest absolute Gasteiger partial charge is 0.385 e. The number of nitrogens with zero attached hydrogens (tertiary/aromatic N) is 1. The summed E-state index contributed by atoms with van der Waals surface area (Å²) >= 11 is 0. The number of aromatic amines is 1. The molecule has 1 aliphatic rings. The molecule has 0 saturated carbocycles. The van der Waals surface area contributed by atoms with Crippen LogP contribution < -0.4 is 10.6 Å². The van der Waals surface area contributed by atoms with Crippen LogP contribution in [0.15, 0.2) is 24.5 Å². The summed E-state index contributed by atoms with van der Waals surface area (Å²) in [4.78, 5) is 7.34. The van der Waals surface area contributed by atoms with Crippen LogP contribution in [0.5, 0.6) is 0 Å². The number of imidazole rings is 1. The highest BCUT2D eigenvalue weighted by molar-refractivity contribution is 5.78. The van der Waals surface area contributed by atoms with E-state index in [1.165, 1.54) is 31.6 Å². The lowest BCUT2D eigenvalue weighted by Crippen LogP contribution is -2.12. The highest BCUT2D eigenvalue weighted by Crippen LogP contribution is 2.17. The molecule has 17 heavy (non-hydrogen) atoms. The van der Waals surface area contributed by atoms with Gasteiger partial charge in [0.15, 0.2) is 0 Å². The van der Waals surface area contributed by atoms with Gasteiger partial charge in [-0.1, -0.05) is 0 Å². The average molecular weight is 230 g/mol. The molecule has 1 aromatic heterocycles. The van der Waals surface area contributed by atoms with Crippen LogP contribution in [0.3, 0.4) is 0 Å². The smallest absolute Gasteiger partial charge is 0.0931 e. The van der Waals surface area contributed by atoms with E-state index in [1.54, 1.807) is 6.33 Å². The van der Waals surface area contributed by atoms with Crippen molar-refractivity contribution in [1.82, 2.24) is 15.3 Å². The van der Waals surface area contributed by atoms with Gasteiger partial charge in [0.2, 0.25) is 0 Å². The molecule has 1 atom stereocenters. The Bertz CT molecular complexity index is 485. The first kappa shape index (κ1) is 10.6. The van der Waals surface area contributed by atoms with E-state index in [4.69, 9.17) is 0 Å². The van der Waals surface area contributed by atoms with Crippen molar-refractivity contribution in [2.45, 2.75) is 12.8 Å². The Morgan fingerprint density at radius 2 is 2.41 bits per heavy atom. The molecule has 0 bridgehead atoms. The van der Waals surface area contributed by atoms with Crippen molar-refractivity contribution in [3.8, 4) is 0 Å². The van der Waals surface area contributed by atoms with Gasteiger partial charge in [-0.3, -0.25) is 0 Å². The molecule has 1 aromatic carbocycles. The van der Waals surface area contributed by atoms with Crippen molar-refractivity contribution in [3.63, 3.8) is 0 Å². The second kappa shape index (κ2) is 4.75. The van der Waals surface area contributed by atoms with E-state index in [0.717, 1.165) is 23.5 Å². The van der Waals surface area contributed by atoms with Gasteiger partial charge < -0.3 is 15.6 Å². The number of fused-ring (bicyclic) bond motifs is 1. The van der Waals surface area contributed by atoms with Gasteiger partial charge in [-0.05, 0) is 50.0 Å². The lowest BCUT2D eigenvalue weighted by molar-refractivity contribution is 0.549. The number of benzene rings is 1. The summed E-state index contributed by atoms with van der Waals surface area (Å²) in [6, 6.07) is 6.26. The molecule has 1 fully saturated rings. The number of aromatic nitrogens is 2. The predicted octanol–water partition coefficient (Wildman–Crippen LogP) is 1.97. The molecule has 0 aliphatic carbocycles. The van der Waals surface area contributed by atoms with E-state index in [2.05, 4.69) is 32.7 Å². The van der Waals surface area contributed by atoms with Crippen LogP contribution in [0.25, 0.3) is 11.0 Å². The van der Waals surface area contributed by atoms with Crippen LogP contribution in [0.1, 0.15) is 12.8 Å².